The van der Waals surface area contributed by atoms with Gasteiger partial charge in [0.15, 0.2) is 0 Å². The van der Waals surface area contributed by atoms with Gasteiger partial charge in [-0.3, -0.25) is 9.59 Å². The van der Waals surface area contributed by atoms with Crippen molar-refractivity contribution in [3.8, 4) is 17.6 Å². The molecule has 0 aliphatic carbocycles. The number of nitrogen functional groups attached to an aromatic ring is 1. The van der Waals surface area contributed by atoms with Gasteiger partial charge in [0, 0.05) is 29.9 Å². The van der Waals surface area contributed by atoms with E-state index < -0.39 is 11.9 Å². The third-order valence-corrected chi connectivity index (χ3v) is 4.75. The van der Waals surface area contributed by atoms with Crippen LogP contribution in [-0.4, -0.2) is 28.6 Å². The molecule has 1 heterocycles. The van der Waals surface area contributed by atoms with Crippen molar-refractivity contribution < 1.29 is 19.1 Å². The zero-order chi connectivity index (χ0) is 23.3. The van der Waals surface area contributed by atoms with Crippen molar-refractivity contribution in [2.24, 2.45) is 0 Å². The minimum absolute atomic E-state index is 0.0583. The molecule has 0 saturated carbocycles. The molecule has 1 atom stereocenters. The van der Waals surface area contributed by atoms with Gasteiger partial charge in [-0.05, 0) is 55.8 Å². The molecular formula is C23H23N5O4. The minimum atomic E-state index is -0.804. The number of nitrogens with zero attached hydrogens (tertiary/aromatic N) is 1. The van der Waals surface area contributed by atoms with Gasteiger partial charge < -0.3 is 30.9 Å². The van der Waals surface area contributed by atoms with E-state index in [0.29, 0.717) is 34.0 Å². The van der Waals surface area contributed by atoms with Gasteiger partial charge in [-0.1, -0.05) is 0 Å². The summed E-state index contributed by atoms with van der Waals surface area (Å²) in [7, 11) is 0. The van der Waals surface area contributed by atoms with E-state index in [0.717, 1.165) is 5.52 Å². The predicted molar refractivity (Wildman–Crippen MR) is 120 cm³/mol. The Morgan fingerprint density at radius 3 is 2.44 bits per heavy atom. The first-order chi connectivity index (χ1) is 15.3. The van der Waals surface area contributed by atoms with E-state index in [1.54, 1.807) is 42.5 Å². The lowest BCUT2D eigenvalue weighted by atomic mass is 10.1. The smallest absolute Gasteiger partial charge is 0.246 e. The lowest BCUT2D eigenvalue weighted by Gasteiger charge is -2.17. The highest BCUT2D eigenvalue weighted by Gasteiger charge is 2.20. The Kier molecular flexibility index (Phi) is 6.75. The number of hydrogen-bond acceptors (Lipinski definition) is 6. The van der Waals surface area contributed by atoms with Crippen LogP contribution in [0.25, 0.3) is 10.9 Å². The van der Waals surface area contributed by atoms with Crippen molar-refractivity contribution in [3.05, 3.63) is 48.0 Å². The van der Waals surface area contributed by atoms with E-state index in [1.807, 2.05) is 0 Å². The van der Waals surface area contributed by atoms with Crippen molar-refractivity contribution >= 4 is 40.0 Å². The monoisotopic (exact) mass is 433 g/mol. The number of H-pyrrole nitrogens is 1. The number of fused-ring (bicyclic) bond motifs is 1. The molecule has 0 aliphatic heterocycles. The van der Waals surface area contributed by atoms with Crippen LogP contribution in [-0.2, 0) is 14.4 Å². The van der Waals surface area contributed by atoms with Crippen LogP contribution in [0, 0.1) is 11.3 Å². The molecule has 9 heteroatoms. The van der Waals surface area contributed by atoms with E-state index in [-0.39, 0.29) is 24.5 Å². The van der Waals surface area contributed by atoms with Crippen LogP contribution >= 0.6 is 0 Å². The number of aromatic amines is 1. The topological polar surface area (TPSA) is 150 Å². The van der Waals surface area contributed by atoms with Crippen LogP contribution < -0.4 is 21.1 Å². The second-order valence-electron chi connectivity index (χ2n) is 7.34. The third-order valence-electron chi connectivity index (χ3n) is 4.75. The molecule has 0 spiro atoms. The normalized spacial score (nSPS) is 11.4. The van der Waals surface area contributed by atoms with Gasteiger partial charge in [0.05, 0.1) is 0 Å². The first-order valence-corrected chi connectivity index (χ1v) is 9.93. The second-order valence-corrected chi connectivity index (χ2v) is 7.34. The van der Waals surface area contributed by atoms with Gasteiger partial charge >= 0.3 is 0 Å². The Hall–Kier alpha value is -4.32. The first-order valence-electron chi connectivity index (χ1n) is 9.93. The van der Waals surface area contributed by atoms with E-state index in [9.17, 15) is 19.6 Å². The zero-order valence-corrected chi connectivity index (χ0v) is 17.7. The number of aromatic nitrogens is 1. The van der Waals surface area contributed by atoms with Gasteiger partial charge in [0.2, 0.25) is 11.8 Å². The summed E-state index contributed by atoms with van der Waals surface area (Å²) >= 11 is 0. The Morgan fingerprint density at radius 1 is 1.12 bits per heavy atom. The van der Waals surface area contributed by atoms with Crippen LogP contribution in [0.1, 0.15) is 32.3 Å². The summed E-state index contributed by atoms with van der Waals surface area (Å²) in [5.74, 6) is 0.546. The van der Waals surface area contributed by atoms with Gasteiger partial charge in [0.1, 0.15) is 40.8 Å². The van der Waals surface area contributed by atoms with Crippen molar-refractivity contribution in [3.63, 3.8) is 0 Å². The van der Waals surface area contributed by atoms with Crippen LogP contribution in [0.3, 0.4) is 0 Å². The van der Waals surface area contributed by atoms with Crippen LogP contribution in [0.5, 0.6) is 11.5 Å². The number of hydrogen-bond donors (Lipinski definition) is 4. The van der Waals surface area contributed by atoms with Crippen molar-refractivity contribution in [2.75, 3.05) is 11.1 Å². The molecule has 2 amide bonds. The molecular weight excluding hydrogens is 410 g/mol. The maximum atomic E-state index is 12.5. The van der Waals surface area contributed by atoms with E-state index >= 15 is 0 Å². The molecule has 0 saturated heterocycles. The number of amides is 2. The largest absolute Gasteiger partial charge is 0.457 e. The molecule has 0 bridgehead atoms. The molecule has 0 unspecified atom stereocenters. The van der Waals surface area contributed by atoms with E-state index in [1.165, 1.54) is 13.8 Å². The summed E-state index contributed by atoms with van der Waals surface area (Å²) in [5.41, 5.74) is 7.43. The number of Topliss-reactive ketones (excluding diaryl/α,β-unsaturated/α-hetero) is 1. The molecule has 9 nitrogen and oxygen atoms in total. The van der Waals surface area contributed by atoms with Gasteiger partial charge in [-0.15, -0.1) is 0 Å². The molecule has 1 aromatic heterocycles. The van der Waals surface area contributed by atoms with Gasteiger partial charge in [-0.2, -0.15) is 5.26 Å². The average molecular weight is 433 g/mol. The first kappa shape index (κ1) is 22.4. The number of anilines is 2. The maximum Gasteiger partial charge on any atom is 0.246 e. The Labute approximate surface area is 184 Å². The number of nitrogens with two attached hydrogens (primary N) is 1. The highest BCUT2D eigenvalue weighted by molar-refractivity contribution is 5.97. The van der Waals surface area contributed by atoms with Crippen molar-refractivity contribution in [2.45, 2.75) is 32.7 Å². The van der Waals surface area contributed by atoms with Crippen LogP contribution in [0.2, 0.25) is 0 Å². The molecule has 0 radical (unpaired) electrons. The van der Waals surface area contributed by atoms with E-state index in [2.05, 4.69) is 21.7 Å². The standard InChI is InChI=1S/C23H23N5O4/c1-13(29)3-9-21(26-14(2)30)23(31)27-15-4-6-16(7-5-15)32-17-8-10-20-18(11-17)19(12-24)22(25)28-20/h4-8,10-11,21,28H,3,9,25H2,1-2H3,(H,26,30)(H,27,31)/t21-/m0/s1. The molecule has 5 N–H and O–H groups in total. The summed E-state index contributed by atoms with van der Waals surface area (Å²) in [5, 5.41) is 15.2. The Balaban J connectivity index is 1.68. The lowest BCUT2D eigenvalue weighted by molar-refractivity contribution is -0.126. The highest BCUT2D eigenvalue weighted by atomic mass is 16.5. The summed E-state index contributed by atoms with van der Waals surface area (Å²) in [6.07, 6.45) is 0.411. The fourth-order valence-corrected chi connectivity index (χ4v) is 3.21. The summed E-state index contributed by atoms with van der Waals surface area (Å²) in [6, 6.07) is 13.2. The van der Waals surface area contributed by atoms with E-state index in [4.69, 9.17) is 10.5 Å². The minimum Gasteiger partial charge on any atom is -0.457 e. The number of carbonyl (C=O) groups is 3. The predicted octanol–water partition coefficient (Wildman–Crippen LogP) is 3.23. The van der Waals surface area contributed by atoms with Crippen LogP contribution in [0.4, 0.5) is 11.5 Å². The Morgan fingerprint density at radius 2 is 1.81 bits per heavy atom. The molecule has 32 heavy (non-hydrogen) atoms. The van der Waals surface area contributed by atoms with Crippen molar-refractivity contribution in [1.29, 1.82) is 5.26 Å². The molecule has 2 aromatic carbocycles. The van der Waals surface area contributed by atoms with Crippen LogP contribution in [0.15, 0.2) is 42.5 Å². The lowest BCUT2D eigenvalue weighted by Crippen LogP contribution is -2.43. The number of ketones is 1. The number of carbonyl (C=O) groups excluding carboxylic acids is 3. The number of nitrogens with one attached hydrogen (secondary N) is 3. The highest BCUT2D eigenvalue weighted by Crippen LogP contribution is 2.30. The SMILES string of the molecule is CC(=O)CC[C@H](NC(C)=O)C(=O)Nc1ccc(Oc2ccc3[nH]c(N)c(C#N)c3c2)cc1. The second kappa shape index (κ2) is 9.66. The summed E-state index contributed by atoms with van der Waals surface area (Å²) in [6.45, 7) is 2.75. The van der Waals surface area contributed by atoms with Crippen molar-refractivity contribution in [1.82, 2.24) is 10.3 Å². The quantitative estimate of drug-likeness (QED) is 0.428. The summed E-state index contributed by atoms with van der Waals surface area (Å²) < 4.78 is 5.85. The number of nitriles is 1. The number of benzene rings is 2. The molecule has 0 aliphatic rings. The fourth-order valence-electron chi connectivity index (χ4n) is 3.21. The Bertz CT molecular complexity index is 1210. The number of ether oxygens (including phenoxy) is 1. The molecule has 164 valence electrons. The molecule has 3 aromatic rings. The van der Waals surface area contributed by atoms with Gasteiger partial charge in [-0.25, -0.2) is 0 Å². The fraction of sp³-hybridized carbons (Fsp3) is 0.217. The zero-order valence-electron chi connectivity index (χ0n) is 17.7. The maximum absolute atomic E-state index is 12.5. The summed E-state index contributed by atoms with van der Waals surface area (Å²) in [4.78, 5) is 38.1. The number of rotatable bonds is 8. The average Bonchev–Trinajstić information content (AvgIpc) is 3.06. The molecule has 0 fully saturated rings. The van der Waals surface area contributed by atoms with Gasteiger partial charge in [0.25, 0.3) is 0 Å². The molecule has 3 rings (SSSR count). The third kappa shape index (κ3) is 5.43.